The maximum atomic E-state index is 14.6. The van der Waals surface area contributed by atoms with Crippen LogP contribution in [0, 0.1) is 5.82 Å². The van der Waals surface area contributed by atoms with Gasteiger partial charge in [-0.15, -0.1) is 22.6 Å². The number of phosphoric acid groups is 1. The monoisotopic (exact) mass is 553 g/mol. The molecule has 34 heavy (non-hydrogen) atoms. The number of rotatable bonds is 10. The molecule has 1 aromatic carbocycles. The van der Waals surface area contributed by atoms with Crippen molar-refractivity contribution < 1.29 is 28.0 Å². The zero-order valence-electron chi connectivity index (χ0n) is 18.0. The molecule has 1 atom stereocenters. The maximum Gasteiger partial charge on any atom is 0.469 e. The number of pyridine rings is 1. The van der Waals surface area contributed by atoms with Crippen molar-refractivity contribution in [3.8, 4) is 26.9 Å². The average molecular weight is 554 g/mol. The number of hydrogen-bond acceptors (Lipinski definition) is 9. The molecule has 0 aliphatic heterocycles. The number of phosphoric ester groups is 1. The second-order valence-corrected chi connectivity index (χ2v) is 9.89. The lowest BCUT2D eigenvalue weighted by Gasteiger charge is -2.15. The van der Waals surface area contributed by atoms with Gasteiger partial charge in [-0.05, 0) is 32.0 Å². The fourth-order valence-corrected chi connectivity index (χ4v) is 4.14. The molecular weight excluding hydrogens is 531 g/mol. The highest BCUT2D eigenvalue weighted by atomic mass is 35.5. The van der Waals surface area contributed by atoms with E-state index in [2.05, 4.69) is 25.0 Å². The molecule has 3 rings (SSSR count). The third-order valence-corrected chi connectivity index (χ3v) is 5.84. The SMILES string of the molecule is CC(C)Nc1ccc(-c2nnc(-c3cc(F)c(OC[C@@H](N)COP(=O)(O)O)cc3Cl)s2)cn1.Cl. The summed E-state index contributed by atoms with van der Waals surface area (Å²) >= 11 is 7.54. The van der Waals surface area contributed by atoms with E-state index in [1.54, 1.807) is 6.20 Å². The van der Waals surface area contributed by atoms with Crippen molar-refractivity contribution in [1.82, 2.24) is 15.2 Å². The summed E-state index contributed by atoms with van der Waals surface area (Å²) in [6.45, 7) is 3.32. The first kappa shape index (κ1) is 28.3. The van der Waals surface area contributed by atoms with Crippen LogP contribution in [0.1, 0.15) is 13.8 Å². The number of nitrogens with zero attached hydrogens (tertiary/aromatic N) is 3. The van der Waals surface area contributed by atoms with Gasteiger partial charge in [0.1, 0.15) is 22.4 Å². The van der Waals surface area contributed by atoms with Crippen LogP contribution in [0.2, 0.25) is 5.02 Å². The standard InChI is InChI=1S/C19H22ClFN5O5PS.ClH/c1-10(2)24-17-4-3-11(7-23-17)18-25-26-19(33-18)13-5-15(21)16(6-14(13)20)30-8-12(22)9-31-32(27,28)29;/h3-7,10,12H,8-9,22H2,1-2H3,(H,23,24)(H2,27,28,29);1H/t12-;/m1./s1. The molecule has 0 aliphatic rings. The lowest BCUT2D eigenvalue weighted by molar-refractivity contribution is 0.164. The van der Waals surface area contributed by atoms with Gasteiger partial charge < -0.3 is 25.6 Å². The summed E-state index contributed by atoms with van der Waals surface area (Å²) in [4.78, 5) is 21.7. The number of anilines is 1. The van der Waals surface area contributed by atoms with Crippen molar-refractivity contribution in [2.45, 2.75) is 25.9 Å². The molecule has 3 aromatic rings. The number of halogens is 3. The van der Waals surface area contributed by atoms with Crippen molar-refractivity contribution >= 4 is 49.0 Å². The summed E-state index contributed by atoms with van der Waals surface area (Å²) in [7, 11) is -4.65. The largest absolute Gasteiger partial charge is 0.489 e. The molecule has 186 valence electrons. The number of nitrogens with one attached hydrogen (secondary N) is 1. The summed E-state index contributed by atoms with van der Waals surface area (Å²) in [5.41, 5.74) is 6.75. The minimum atomic E-state index is -4.65. The third-order valence-electron chi connectivity index (χ3n) is 4.03. The predicted octanol–water partition coefficient (Wildman–Crippen LogP) is 4.12. The van der Waals surface area contributed by atoms with Gasteiger partial charge in [0, 0.05) is 29.4 Å². The van der Waals surface area contributed by atoms with Gasteiger partial charge >= 0.3 is 7.82 Å². The summed E-state index contributed by atoms with van der Waals surface area (Å²) in [5.74, 6) is -0.134. The van der Waals surface area contributed by atoms with E-state index in [0.29, 0.717) is 15.6 Å². The number of hydrogen-bond donors (Lipinski definition) is 4. The zero-order valence-corrected chi connectivity index (χ0v) is 21.3. The Hall–Kier alpha value is -1.89. The molecule has 0 bridgehead atoms. The smallest absolute Gasteiger partial charge is 0.469 e. The molecule has 2 heterocycles. The summed E-state index contributed by atoms with van der Waals surface area (Å²) in [6, 6.07) is 5.51. The van der Waals surface area contributed by atoms with Crippen LogP contribution >= 0.6 is 43.2 Å². The highest BCUT2D eigenvalue weighted by molar-refractivity contribution is 7.46. The van der Waals surface area contributed by atoms with Gasteiger partial charge in [0.2, 0.25) is 0 Å². The van der Waals surface area contributed by atoms with Crippen LogP contribution in [0.4, 0.5) is 10.2 Å². The molecule has 0 saturated carbocycles. The topological polar surface area (TPSA) is 153 Å². The summed E-state index contributed by atoms with van der Waals surface area (Å²) in [6.07, 6.45) is 1.67. The first-order chi connectivity index (χ1) is 15.5. The second-order valence-electron chi connectivity index (χ2n) is 7.26. The van der Waals surface area contributed by atoms with Gasteiger partial charge in [-0.1, -0.05) is 22.9 Å². The van der Waals surface area contributed by atoms with E-state index >= 15 is 0 Å². The fraction of sp³-hybridized carbons (Fsp3) is 0.316. The van der Waals surface area contributed by atoms with Crippen molar-refractivity contribution in [2.75, 3.05) is 18.5 Å². The Kier molecular flexibility index (Phi) is 10.2. The normalized spacial score (nSPS) is 12.4. The molecule has 0 unspecified atom stereocenters. The van der Waals surface area contributed by atoms with Crippen molar-refractivity contribution in [2.24, 2.45) is 5.73 Å². The molecule has 15 heteroatoms. The van der Waals surface area contributed by atoms with Crippen molar-refractivity contribution in [3.63, 3.8) is 0 Å². The minimum absolute atomic E-state index is 0. The first-order valence-corrected chi connectivity index (χ1v) is 12.4. The van der Waals surface area contributed by atoms with Crippen molar-refractivity contribution in [1.29, 1.82) is 0 Å². The van der Waals surface area contributed by atoms with Crippen LogP contribution in [0.5, 0.6) is 5.75 Å². The Morgan fingerprint density at radius 1 is 1.24 bits per heavy atom. The highest BCUT2D eigenvalue weighted by Crippen LogP contribution is 2.37. The van der Waals surface area contributed by atoms with Crippen LogP contribution in [0.3, 0.4) is 0 Å². The zero-order chi connectivity index (χ0) is 24.2. The summed E-state index contributed by atoms with van der Waals surface area (Å²) in [5, 5.41) is 12.7. The van der Waals surface area contributed by atoms with E-state index in [1.807, 2.05) is 26.0 Å². The Morgan fingerprint density at radius 3 is 2.56 bits per heavy atom. The van der Waals surface area contributed by atoms with Gasteiger partial charge in [0.25, 0.3) is 0 Å². The van der Waals surface area contributed by atoms with Crippen LogP contribution in [0.15, 0.2) is 30.5 Å². The fourth-order valence-electron chi connectivity index (χ4n) is 2.59. The van der Waals surface area contributed by atoms with Gasteiger partial charge in [0.05, 0.1) is 17.7 Å². The molecule has 0 aliphatic carbocycles. The third kappa shape index (κ3) is 8.10. The van der Waals surface area contributed by atoms with Crippen molar-refractivity contribution in [3.05, 3.63) is 41.3 Å². The molecule has 2 aromatic heterocycles. The van der Waals surface area contributed by atoms with Gasteiger partial charge in [-0.2, -0.15) is 0 Å². The van der Waals surface area contributed by atoms with E-state index < -0.39 is 26.3 Å². The van der Waals surface area contributed by atoms with E-state index in [0.717, 1.165) is 11.4 Å². The number of benzene rings is 1. The Bertz CT molecular complexity index is 1150. The molecule has 0 radical (unpaired) electrons. The molecule has 0 saturated heterocycles. The second kappa shape index (κ2) is 12.2. The quantitative estimate of drug-likeness (QED) is 0.269. The van der Waals surface area contributed by atoms with E-state index in [1.165, 1.54) is 23.5 Å². The molecule has 0 spiro atoms. The minimum Gasteiger partial charge on any atom is -0.489 e. The van der Waals surface area contributed by atoms with Crippen LogP contribution < -0.4 is 15.8 Å². The summed E-state index contributed by atoms with van der Waals surface area (Å²) < 4.78 is 34.9. The molecule has 0 amide bonds. The van der Waals surface area contributed by atoms with Crippen LogP contribution in [-0.4, -0.2) is 50.3 Å². The highest BCUT2D eigenvalue weighted by Gasteiger charge is 2.19. The average Bonchev–Trinajstić information content (AvgIpc) is 3.22. The van der Waals surface area contributed by atoms with Gasteiger partial charge in [0.15, 0.2) is 11.6 Å². The van der Waals surface area contributed by atoms with Crippen LogP contribution in [0.25, 0.3) is 21.1 Å². The molecular formula is C19H23Cl2FN5O5PS. The maximum absolute atomic E-state index is 14.6. The molecule has 0 fully saturated rings. The number of ether oxygens (including phenoxy) is 1. The van der Waals surface area contributed by atoms with Gasteiger partial charge in [-0.25, -0.2) is 13.9 Å². The lowest BCUT2D eigenvalue weighted by Crippen LogP contribution is -2.32. The Balaban J connectivity index is 0.00000408. The Morgan fingerprint density at radius 2 is 1.94 bits per heavy atom. The number of nitrogens with two attached hydrogens (primary N) is 1. The number of aromatic nitrogens is 3. The molecule has 5 N–H and O–H groups in total. The van der Waals surface area contributed by atoms with Gasteiger partial charge in [-0.3, -0.25) is 4.52 Å². The van der Waals surface area contributed by atoms with E-state index in [4.69, 9.17) is 31.9 Å². The van der Waals surface area contributed by atoms with E-state index in [-0.39, 0.29) is 35.8 Å². The van der Waals surface area contributed by atoms with E-state index in [9.17, 15) is 8.96 Å². The lowest BCUT2D eigenvalue weighted by atomic mass is 10.2. The predicted molar refractivity (Wildman–Crippen MR) is 131 cm³/mol. The van der Waals surface area contributed by atoms with Crippen LogP contribution in [-0.2, 0) is 9.09 Å². The first-order valence-electron chi connectivity index (χ1n) is 9.66. The Labute approximate surface area is 210 Å². The molecule has 10 nitrogen and oxygen atoms in total.